The predicted octanol–water partition coefficient (Wildman–Crippen LogP) is 2.79. The molecule has 4 aliphatic rings. The zero-order valence-corrected chi connectivity index (χ0v) is 29.0. The molecule has 3 aromatic rings. The number of halogens is 3. The van der Waals surface area contributed by atoms with E-state index in [2.05, 4.69) is 30.5 Å². The van der Waals surface area contributed by atoms with Gasteiger partial charge in [-0.2, -0.15) is 13.2 Å². The molecule has 1 saturated heterocycles. The Morgan fingerprint density at radius 1 is 1.04 bits per heavy atom. The van der Waals surface area contributed by atoms with Crippen LogP contribution in [0, 0.1) is 5.92 Å². The van der Waals surface area contributed by atoms with Gasteiger partial charge in [-0.15, -0.1) is 0 Å². The number of fused-ring (bicyclic) bond motifs is 3. The molecular formula is C34H36F3N7O8S. The molecule has 3 N–H and O–H groups in total. The van der Waals surface area contributed by atoms with Crippen molar-refractivity contribution in [3.8, 4) is 5.88 Å². The van der Waals surface area contributed by atoms with E-state index >= 15 is 0 Å². The van der Waals surface area contributed by atoms with E-state index in [9.17, 15) is 40.8 Å². The van der Waals surface area contributed by atoms with E-state index < -0.39 is 92.8 Å². The van der Waals surface area contributed by atoms with Crippen LogP contribution < -0.4 is 20.1 Å². The maximum absolute atomic E-state index is 14.3. The first kappa shape index (κ1) is 36.3. The van der Waals surface area contributed by atoms with Gasteiger partial charge < -0.3 is 24.8 Å². The van der Waals surface area contributed by atoms with Crippen molar-refractivity contribution in [2.24, 2.45) is 5.92 Å². The normalized spacial score (nSPS) is 26.8. The monoisotopic (exact) mass is 759 g/mol. The van der Waals surface area contributed by atoms with E-state index in [1.165, 1.54) is 30.5 Å². The molecule has 0 unspecified atom stereocenters. The van der Waals surface area contributed by atoms with E-state index in [0.29, 0.717) is 38.5 Å². The Morgan fingerprint density at radius 2 is 1.79 bits per heavy atom. The number of nitrogens with one attached hydrogen (secondary N) is 3. The van der Waals surface area contributed by atoms with E-state index in [0.717, 1.165) is 4.90 Å². The summed E-state index contributed by atoms with van der Waals surface area (Å²) in [5.41, 5.74) is -3.05. The van der Waals surface area contributed by atoms with E-state index in [-0.39, 0.29) is 36.0 Å². The van der Waals surface area contributed by atoms with Gasteiger partial charge in [0, 0.05) is 18.4 Å². The number of carbonyl (C=O) groups excluding carboxylic acids is 4. The number of para-hydroxylation sites is 2. The number of hydrogen-bond acceptors (Lipinski definition) is 11. The molecule has 4 heterocycles. The summed E-state index contributed by atoms with van der Waals surface area (Å²) in [7, 11) is -3.99. The van der Waals surface area contributed by atoms with Crippen molar-refractivity contribution in [3.05, 3.63) is 60.1 Å². The van der Waals surface area contributed by atoms with Gasteiger partial charge >= 0.3 is 6.18 Å². The van der Waals surface area contributed by atoms with E-state index in [1.807, 2.05) is 6.08 Å². The molecule has 2 aliphatic heterocycles. The van der Waals surface area contributed by atoms with Gasteiger partial charge in [0.05, 0.1) is 22.8 Å². The smallest absolute Gasteiger partial charge is 0.438 e. The minimum absolute atomic E-state index is 0.0215. The molecule has 5 atom stereocenters. The van der Waals surface area contributed by atoms with Crippen molar-refractivity contribution < 1.29 is 50.0 Å². The lowest BCUT2D eigenvalue weighted by Gasteiger charge is -2.29. The van der Waals surface area contributed by atoms with Crippen LogP contribution in [0.15, 0.2) is 53.3 Å². The summed E-state index contributed by atoms with van der Waals surface area (Å²) in [6.45, 7) is -0.391. The summed E-state index contributed by atoms with van der Waals surface area (Å²) in [5, 5.41) is 8.26. The molecule has 0 spiro atoms. The number of alkyl halides is 3. The summed E-state index contributed by atoms with van der Waals surface area (Å²) in [6.07, 6.45) is 1.77. The van der Waals surface area contributed by atoms with Crippen molar-refractivity contribution in [1.82, 2.24) is 35.4 Å². The van der Waals surface area contributed by atoms with E-state index in [1.54, 1.807) is 12.1 Å². The van der Waals surface area contributed by atoms with Crippen LogP contribution in [0.4, 0.5) is 13.2 Å². The highest BCUT2D eigenvalue weighted by atomic mass is 32.2. The highest BCUT2D eigenvalue weighted by Gasteiger charge is 2.62. The lowest BCUT2D eigenvalue weighted by atomic mass is 10.0. The average Bonchev–Trinajstić information content (AvgIpc) is 3.97. The number of rotatable bonds is 7. The third-order valence-electron chi connectivity index (χ3n) is 9.90. The summed E-state index contributed by atoms with van der Waals surface area (Å²) in [4.78, 5) is 64.1. The molecule has 2 aliphatic carbocycles. The Hall–Kier alpha value is -5.07. The second kappa shape index (κ2) is 14.1. The Kier molecular flexibility index (Phi) is 9.62. The van der Waals surface area contributed by atoms with Crippen LogP contribution in [0.2, 0.25) is 0 Å². The van der Waals surface area contributed by atoms with Gasteiger partial charge in [-0.3, -0.25) is 23.9 Å². The van der Waals surface area contributed by atoms with Gasteiger partial charge in [0.15, 0.2) is 5.69 Å². The lowest BCUT2D eigenvalue weighted by Crippen LogP contribution is -2.58. The Morgan fingerprint density at radius 3 is 2.49 bits per heavy atom. The van der Waals surface area contributed by atoms with Crippen LogP contribution >= 0.6 is 0 Å². The molecule has 282 valence electrons. The van der Waals surface area contributed by atoms with Crippen molar-refractivity contribution in [3.63, 3.8) is 0 Å². The summed E-state index contributed by atoms with van der Waals surface area (Å²) >= 11 is 0. The molecule has 0 bridgehead atoms. The third-order valence-corrected chi connectivity index (χ3v) is 11.7. The zero-order chi connectivity index (χ0) is 37.5. The fourth-order valence-corrected chi connectivity index (χ4v) is 8.18. The molecule has 19 heteroatoms. The molecule has 4 amide bonds. The number of nitrogens with zero attached hydrogens (tertiary/aromatic N) is 4. The molecular weight excluding hydrogens is 723 g/mol. The highest BCUT2D eigenvalue weighted by Crippen LogP contribution is 2.46. The van der Waals surface area contributed by atoms with Gasteiger partial charge in [0.2, 0.25) is 33.4 Å². The predicted molar refractivity (Wildman–Crippen MR) is 178 cm³/mol. The van der Waals surface area contributed by atoms with Crippen LogP contribution in [0.5, 0.6) is 5.88 Å². The number of aromatic nitrogens is 3. The van der Waals surface area contributed by atoms with Gasteiger partial charge in [-0.1, -0.05) is 42.3 Å². The number of sulfonamides is 1. The van der Waals surface area contributed by atoms with Gasteiger partial charge in [0.1, 0.15) is 30.0 Å². The SMILES string of the molecule is O=C(N[C@H]1CCCCCC=C[C@@H]2C[C@@]2(C(=O)NS(=O)(=O)C2CC2)NC(=O)[C@@H]2C[C@@H](Oc3nc4ccccc4nc3C(F)(F)F)CN2C1=O)c1ccon1. The molecule has 1 aromatic carbocycles. The number of hydrogen-bond donors (Lipinski definition) is 3. The van der Waals surface area contributed by atoms with Crippen LogP contribution in [-0.4, -0.2) is 87.6 Å². The first-order valence-corrected chi connectivity index (χ1v) is 18.9. The maximum Gasteiger partial charge on any atom is 0.438 e. The molecule has 15 nitrogen and oxygen atoms in total. The number of ether oxygens (including phenoxy) is 1. The van der Waals surface area contributed by atoms with Crippen LogP contribution in [0.25, 0.3) is 11.0 Å². The molecule has 2 saturated carbocycles. The number of carbonyl (C=O) groups is 4. The second-order valence-electron chi connectivity index (χ2n) is 13.8. The largest absolute Gasteiger partial charge is 0.471 e. The minimum atomic E-state index is -4.96. The van der Waals surface area contributed by atoms with Crippen LogP contribution in [0.1, 0.15) is 74.0 Å². The van der Waals surface area contributed by atoms with E-state index in [4.69, 9.17) is 9.26 Å². The second-order valence-corrected chi connectivity index (χ2v) is 15.7. The lowest BCUT2D eigenvalue weighted by molar-refractivity contribution is -0.143. The maximum atomic E-state index is 14.3. The Labute approximate surface area is 301 Å². The Bertz CT molecular complexity index is 2060. The summed E-state index contributed by atoms with van der Waals surface area (Å²) in [5.74, 6) is -4.61. The zero-order valence-electron chi connectivity index (χ0n) is 28.2. The number of amides is 4. The third kappa shape index (κ3) is 7.70. The Balaban J connectivity index is 1.21. The fourth-order valence-electron chi connectivity index (χ4n) is 6.82. The van der Waals surface area contributed by atoms with Gasteiger partial charge in [-0.05, 0) is 50.7 Å². The van der Waals surface area contributed by atoms with Gasteiger partial charge in [-0.25, -0.2) is 18.4 Å². The standard InChI is InChI=1S/C34H36F3N7O8S/c35-34(36,37)27-30(40-23-10-7-6-9-22(23)38-27)52-20-16-26-29(46)41-33(32(48)43-53(49,50)21-12-13-21)17-19(33)8-4-2-1-3-5-11-25(31(47)44(26)18-20)39-28(45)24-14-15-51-42-24/h4,6-10,14-15,19-21,25-26H,1-3,5,11-13,16-18H2,(H,39,45)(H,41,46)(H,43,48)/t19-,20-,25+,26+,33-/m1/s1. The first-order chi connectivity index (χ1) is 25.2. The number of benzene rings is 1. The quantitative estimate of drug-likeness (QED) is 0.299. The topological polar surface area (TPSA) is 203 Å². The molecule has 0 radical (unpaired) electrons. The fraction of sp³-hybridized carbons (Fsp3) is 0.500. The van der Waals surface area contributed by atoms with Crippen molar-refractivity contribution in [1.29, 1.82) is 0 Å². The molecule has 2 aromatic heterocycles. The molecule has 53 heavy (non-hydrogen) atoms. The number of allylic oxidation sites excluding steroid dienone is 1. The van der Waals surface area contributed by atoms with Crippen LogP contribution in [0.3, 0.4) is 0 Å². The minimum Gasteiger partial charge on any atom is -0.471 e. The van der Waals surface area contributed by atoms with Crippen molar-refractivity contribution in [2.45, 2.75) is 92.9 Å². The van der Waals surface area contributed by atoms with Crippen LogP contribution in [-0.2, 0) is 30.6 Å². The summed E-state index contributed by atoms with van der Waals surface area (Å²) < 4.78 is 80.8. The first-order valence-electron chi connectivity index (χ1n) is 17.3. The van der Waals surface area contributed by atoms with Crippen molar-refractivity contribution >= 4 is 44.7 Å². The molecule has 3 fully saturated rings. The molecule has 7 rings (SSSR count). The van der Waals surface area contributed by atoms with Gasteiger partial charge in [0.25, 0.3) is 11.8 Å². The van der Waals surface area contributed by atoms with Crippen molar-refractivity contribution in [2.75, 3.05) is 6.54 Å². The summed E-state index contributed by atoms with van der Waals surface area (Å²) in [6, 6.07) is 4.62. The average molecular weight is 760 g/mol. The highest BCUT2D eigenvalue weighted by molar-refractivity contribution is 7.91.